The van der Waals surface area contributed by atoms with Crippen molar-refractivity contribution in [1.29, 1.82) is 0 Å². The van der Waals surface area contributed by atoms with Gasteiger partial charge in [-0.1, -0.05) is 50.1 Å². The highest BCUT2D eigenvalue weighted by molar-refractivity contribution is 5.88. The largest absolute Gasteiger partial charge is 0.248 e. The highest BCUT2D eigenvalue weighted by atomic mass is 14.7. The fourth-order valence-corrected chi connectivity index (χ4v) is 4.02. The van der Waals surface area contributed by atoms with Crippen LogP contribution in [0.5, 0.6) is 0 Å². The van der Waals surface area contributed by atoms with Crippen molar-refractivity contribution in [3.8, 4) is 11.3 Å². The van der Waals surface area contributed by atoms with Gasteiger partial charge < -0.3 is 0 Å². The highest BCUT2D eigenvalue weighted by Crippen LogP contribution is 2.34. The SMILES string of the molecule is CCc1cc(-c2cc(C)cc(C)c2)nc2cccc(C(CC)CC)c12. The van der Waals surface area contributed by atoms with Gasteiger partial charge in [-0.2, -0.15) is 0 Å². The smallest absolute Gasteiger partial charge is 0.0715 e. The number of pyridine rings is 1. The molecule has 1 heteroatoms. The number of nitrogens with zero attached hydrogens (tertiary/aromatic N) is 1. The van der Waals surface area contributed by atoms with E-state index < -0.39 is 0 Å². The molecule has 0 unspecified atom stereocenters. The van der Waals surface area contributed by atoms with Crippen molar-refractivity contribution < 1.29 is 0 Å². The lowest BCUT2D eigenvalue weighted by molar-refractivity contribution is 0.646. The second kappa shape index (κ2) is 7.39. The summed E-state index contributed by atoms with van der Waals surface area (Å²) in [5.74, 6) is 0.614. The van der Waals surface area contributed by atoms with E-state index in [1.165, 1.54) is 46.0 Å². The van der Waals surface area contributed by atoms with Gasteiger partial charge >= 0.3 is 0 Å². The molecule has 0 aliphatic carbocycles. The minimum absolute atomic E-state index is 0.614. The van der Waals surface area contributed by atoms with Gasteiger partial charge in [0.05, 0.1) is 11.2 Å². The van der Waals surface area contributed by atoms with Gasteiger partial charge in [0.1, 0.15) is 0 Å². The Morgan fingerprint density at radius 1 is 0.880 bits per heavy atom. The van der Waals surface area contributed by atoms with Crippen LogP contribution in [0.1, 0.15) is 61.8 Å². The fourth-order valence-electron chi connectivity index (χ4n) is 4.02. The second-order valence-electron chi connectivity index (χ2n) is 7.15. The Morgan fingerprint density at radius 3 is 2.16 bits per heavy atom. The fraction of sp³-hybridized carbons (Fsp3) is 0.375. The Hall–Kier alpha value is -2.15. The maximum absolute atomic E-state index is 5.05. The van der Waals surface area contributed by atoms with Crippen LogP contribution in [0.2, 0.25) is 0 Å². The zero-order valence-electron chi connectivity index (χ0n) is 16.2. The molecule has 3 rings (SSSR count). The number of rotatable bonds is 5. The van der Waals surface area contributed by atoms with Crippen LogP contribution in [0.25, 0.3) is 22.2 Å². The summed E-state index contributed by atoms with van der Waals surface area (Å²) in [6, 6.07) is 15.7. The van der Waals surface area contributed by atoms with E-state index in [2.05, 4.69) is 77.1 Å². The normalized spacial score (nSPS) is 11.4. The predicted octanol–water partition coefficient (Wildman–Crippen LogP) is 6.98. The molecule has 0 N–H and O–H groups in total. The molecular formula is C24H29N. The third-order valence-electron chi connectivity index (χ3n) is 5.27. The maximum atomic E-state index is 5.05. The third-order valence-corrected chi connectivity index (χ3v) is 5.27. The number of aryl methyl sites for hydroxylation is 3. The first-order valence-corrected chi connectivity index (χ1v) is 9.58. The van der Waals surface area contributed by atoms with Gasteiger partial charge in [-0.25, -0.2) is 4.98 Å². The zero-order chi connectivity index (χ0) is 18.0. The van der Waals surface area contributed by atoms with Crippen LogP contribution in [0.4, 0.5) is 0 Å². The number of benzene rings is 2. The van der Waals surface area contributed by atoms with Crippen molar-refractivity contribution in [3.05, 3.63) is 64.7 Å². The molecular weight excluding hydrogens is 302 g/mol. The number of fused-ring (bicyclic) bond motifs is 1. The summed E-state index contributed by atoms with van der Waals surface area (Å²) in [4.78, 5) is 5.05. The van der Waals surface area contributed by atoms with E-state index in [-0.39, 0.29) is 0 Å². The van der Waals surface area contributed by atoms with Gasteiger partial charge in [-0.15, -0.1) is 0 Å². The quantitative estimate of drug-likeness (QED) is 0.491. The average Bonchev–Trinajstić information content (AvgIpc) is 2.61. The molecule has 0 aliphatic heterocycles. The molecule has 0 spiro atoms. The van der Waals surface area contributed by atoms with Gasteiger partial charge in [0.15, 0.2) is 0 Å². The van der Waals surface area contributed by atoms with Crippen LogP contribution in [0.3, 0.4) is 0 Å². The Bertz CT molecular complexity index is 868. The second-order valence-corrected chi connectivity index (χ2v) is 7.15. The first-order valence-electron chi connectivity index (χ1n) is 9.58. The number of hydrogen-bond donors (Lipinski definition) is 0. The van der Waals surface area contributed by atoms with Gasteiger partial charge in [0.25, 0.3) is 0 Å². The first kappa shape index (κ1) is 17.7. The summed E-state index contributed by atoms with van der Waals surface area (Å²) >= 11 is 0. The first-order chi connectivity index (χ1) is 12.1. The van der Waals surface area contributed by atoms with Crippen LogP contribution in [-0.4, -0.2) is 4.98 Å². The van der Waals surface area contributed by atoms with E-state index in [0.717, 1.165) is 17.6 Å². The summed E-state index contributed by atoms with van der Waals surface area (Å²) in [6.45, 7) is 11.1. The minimum atomic E-state index is 0.614. The maximum Gasteiger partial charge on any atom is 0.0715 e. The molecule has 1 aromatic heterocycles. The van der Waals surface area contributed by atoms with Crippen molar-refractivity contribution in [2.45, 2.75) is 59.8 Å². The van der Waals surface area contributed by atoms with E-state index in [1.54, 1.807) is 0 Å². The van der Waals surface area contributed by atoms with Crippen LogP contribution in [0.15, 0.2) is 42.5 Å². The highest BCUT2D eigenvalue weighted by Gasteiger charge is 2.15. The molecule has 0 saturated carbocycles. The van der Waals surface area contributed by atoms with E-state index >= 15 is 0 Å². The minimum Gasteiger partial charge on any atom is -0.248 e. The van der Waals surface area contributed by atoms with E-state index in [0.29, 0.717) is 5.92 Å². The molecule has 0 aliphatic rings. The van der Waals surface area contributed by atoms with Gasteiger partial charge in [-0.05, 0) is 74.4 Å². The average molecular weight is 332 g/mol. The molecule has 3 aromatic rings. The molecule has 0 bridgehead atoms. The van der Waals surface area contributed by atoms with E-state index in [9.17, 15) is 0 Å². The van der Waals surface area contributed by atoms with Crippen LogP contribution < -0.4 is 0 Å². The van der Waals surface area contributed by atoms with Crippen molar-refractivity contribution in [2.75, 3.05) is 0 Å². The molecule has 0 radical (unpaired) electrons. The van der Waals surface area contributed by atoms with E-state index in [1.807, 2.05) is 0 Å². The molecule has 0 fully saturated rings. The molecule has 25 heavy (non-hydrogen) atoms. The molecule has 0 amide bonds. The lowest BCUT2D eigenvalue weighted by Gasteiger charge is -2.18. The number of hydrogen-bond acceptors (Lipinski definition) is 1. The van der Waals surface area contributed by atoms with E-state index in [4.69, 9.17) is 4.98 Å². The Kier molecular flexibility index (Phi) is 5.22. The van der Waals surface area contributed by atoms with Gasteiger partial charge in [0, 0.05) is 10.9 Å². The van der Waals surface area contributed by atoms with Crippen molar-refractivity contribution >= 4 is 10.9 Å². The monoisotopic (exact) mass is 331 g/mol. The molecule has 1 nitrogen and oxygen atoms in total. The summed E-state index contributed by atoms with van der Waals surface area (Å²) in [7, 11) is 0. The summed E-state index contributed by atoms with van der Waals surface area (Å²) in [5, 5.41) is 1.38. The zero-order valence-corrected chi connectivity index (χ0v) is 16.2. The third kappa shape index (κ3) is 3.46. The van der Waals surface area contributed by atoms with Crippen molar-refractivity contribution in [3.63, 3.8) is 0 Å². The van der Waals surface area contributed by atoms with Crippen LogP contribution >= 0.6 is 0 Å². The van der Waals surface area contributed by atoms with Crippen molar-refractivity contribution in [2.24, 2.45) is 0 Å². The Labute approximate surface area is 152 Å². The summed E-state index contributed by atoms with van der Waals surface area (Å²) in [6.07, 6.45) is 3.39. The number of aromatic nitrogens is 1. The topological polar surface area (TPSA) is 12.9 Å². The Morgan fingerprint density at radius 2 is 1.56 bits per heavy atom. The molecule has 0 atom stereocenters. The van der Waals surface area contributed by atoms with Gasteiger partial charge in [0.2, 0.25) is 0 Å². The molecule has 130 valence electrons. The summed E-state index contributed by atoms with van der Waals surface area (Å²) < 4.78 is 0. The molecule has 2 aromatic carbocycles. The lowest BCUT2D eigenvalue weighted by Crippen LogP contribution is -2.01. The van der Waals surface area contributed by atoms with Crippen LogP contribution in [0, 0.1) is 13.8 Å². The molecule has 0 saturated heterocycles. The predicted molar refractivity (Wildman–Crippen MR) is 109 cm³/mol. The van der Waals surface area contributed by atoms with Crippen molar-refractivity contribution in [1.82, 2.24) is 4.98 Å². The van der Waals surface area contributed by atoms with Crippen LogP contribution in [-0.2, 0) is 6.42 Å². The van der Waals surface area contributed by atoms with Gasteiger partial charge in [-0.3, -0.25) is 0 Å². The lowest BCUT2D eigenvalue weighted by atomic mass is 9.88. The Balaban J connectivity index is 2.25. The molecule has 1 heterocycles. The standard InChI is InChI=1S/C24H29N/c1-6-18(7-2)21-10-9-11-22-24(21)19(8-3)15-23(25-22)20-13-16(4)12-17(5)14-20/h9-15,18H,6-8H2,1-5H3. The summed E-state index contributed by atoms with van der Waals surface area (Å²) in [5.41, 5.74) is 8.93.